The van der Waals surface area contributed by atoms with Crippen LogP contribution < -0.4 is 14.8 Å². The first kappa shape index (κ1) is 21.1. The second kappa shape index (κ2) is 9.28. The number of amides is 1. The highest BCUT2D eigenvalue weighted by atomic mass is 32.2. The SMILES string of the molecule is COc1ccc(C(CNC(=O)c2ccccc2NS(C)(=O)=O)N2CCCC2)cc1. The molecule has 1 fully saturated rings. The maximum atomic E-state index is 12.8. The number of para-hydroxylation sites is 1. The molecule has 1 unspecified atom stereocenters. The fourth-order valence-electron chi connectivity index (χ4n) is 3.59. The van der Waals surface area contributed by atoms with Gasteiger partial charge in [0.05, 0.1) is 30.7 Å². The molecule has 0 bridgehead atoms. The van der Waals surface area contributed by atoms with Crippen LogP contribution in [0, 0.1) is 0 Å². The van der Waals surface area contributed by atoms with Crippen LogP contribution in [-0.4, -0.2) is 52.2 Å². The first-order chi connectivity index (χ1) is 13.9. The third kappa shape index (κ3) is 5.71. The number of nitrogens with zero attached hydrogens (tertiary/aromatic N) is 1. The van der Waals surface area contributed by atoms with Gasteiger partial charge in [0, 0.05) is 6.54 Å². The topological polar surface area (TPSA) is 87.7 Å². The van der Waals surface area contributed by atoms with E-state index in [1.54, 1.807) is 31.4 Å². The molecule has 1 amide bonds. The van der Waals surface area contributed by atoms with Gasteiger partial charge in [-0.05, 0) is 55.8 Å². The number of carbonyl (C=O) groups is 1. The summed E-state index contributed by atoms with van der Waals surface area (Å²) in [6.07, 6.45) is 3.35. The molecule has 8 heteroatoms. The number of sulfonamides is 1. The van der Waals surface area contributed by atoms with Gasteiger partial charge in [-0.3, -0.25) is 14.4 Å². The van der Waals surface area contributed by atoms with Crippen LogP contribution in [0.4, 0.5) is 5.69 Å². The highest BCUT2D eigenvalue weighted by Gasteiger charge is 2.24. The number of anilines is 1. The van der Waals surface area contributed by atoms with E-state index < -0.39 is 10.0 Å². The Kier molecular flexibility index (Phi) is 6.76. The van der Waals surface area contributed by atoms with Crippen LogP contribution in [0.5, 0.6) is 5.75 Å². The van der Waals surface area contributed by atoms with Crippen LogP contribution in [0.25, 0.3) is 0 Å². The van der Waals surface area contributed by atoms with E-state index in [-0.39, 0.29) is 17.6 Å². The molecule has 2 aromatic rings. The molecule has 1 aliphatic rings. The van der Waals surface area contributed by atoms with Gasteiger partial charge in [0.25, 0.3) is 5.91 Å². The van der Waals surface area contributed by atoms with Crippen molar-refractivity contribution in [2.45, 2.75) is 18.9 Å². The van der Waals surface area contributed by atoms with Crippen molar-refractivity contribution in [3.63, 3.8) is 0 Å². The van der Waals surface area contributed by atoms with Crippen molar-refractivity contribution < 1.29 is 17.9 Å². The summed E-state index contributed by atoms with van der Waals surface area (Å²) in [5, 5.41) is 2.98. The van der Waals surface area contributed by atoms with Crippen LogP contribution in [0.3, 0.4) is 0 Å². The fraction of sp³-hybridized carbons (Fsp3) is 0.381. The van der Waals surface area contributed by atoms with E-state index in [1.807, 2.05) is 24.3 Å². The first-order valence-corrected chi connectivity index (χ1v) is 11.5. The molecule has 0 saturated carbocycles. The van der Waals surface area contributed by atoms with Gasteiger partial charge in [-0.2, -0.15) is 0 Å². The Bertz CT molecular complexity index is 939. The van der Waals surface area contributed by atoms with Gasteiger partial charge in [0.1, 0.15) is 5.75 Å². The summed E-state index contributed by atoms with van der Waals surface area (Å²) in [5.74, 6) is 0.480. The molecule has 29 heavy (non-hydrogen) atoms. The number of methoxy groups -OCH3 is 1. The van der Waals surface area contributed by atoms with Crippen molar-refractivity contribution >= 4 is 21.6 Å². The van der Waals surface area contributed by atoms with Crippen molar-refractivity contribution in [1.82, 2.24) is 10.2 Å². The molecule has 0 aromatic heterocycles. The molecule has 1 heterocycles. The van der Waals surface area contributed by atoms with Crippen molar-refractivity contribution in [2.75, 3.05) is 37.7 Å². The van der Waals surface area contributed by atoms with Crippen molar-refractivity contribution in [3.05, 3.63) is 59.7 Å². The zero-order valence-corrected chi connectivity index (χ0v) is 17.5. The van der Waals surface area contributed by atoms with Crippen LogP contribution in [0.15, 0.2) is 48.5 Å². The quantitative estimate of drug-likeness (QED) is 0.689. The number of hydrogen-bond donors (Lipinski definition) is 2. The normalized spacial score (nSPS) is 15.7. The number of rotatable bonds is 8. The predicted molar refractivity (Wildman–Crippen MR) is 114 cm³/mol. The van der Waals surface area contributed by atoms with E-state index in [2.05, 4.69) is 14.9 Å². The van der Waals surface area contributed by atoms with E-state index in [1.165, 1.54) is 0 Å². The van der Waals surface area contributed by atoms with Gasteiger partial charge in [-0.1, -0.05) is 24.3 Å². The van der Waals surface area contributed by atoms with Crippen molar-refractivity contribution in [2.24, 2.45) is 0 Å². The molecule has 7 nitrogen and oxygen atoms in total. The number of likely N-dealkylation sites (tertiary alicyclic amines) is 1. The highest BCUT2D eigenvalue weighted by molar-refractivity contribution is 7.92. The van der Waals surface area contributed by atoms with Gasteiger partial charge >= 0.3 is 0 Å². The number of hydrogen-bond acceptors (Lipinski definition) is 5. The molecule has 1 atom stereocenters. The number of nitrogens with one attached hydrogen (secondary N) is 2. The Morgan fingerprint density at radius 3 is 2.38 bits per heavy atom. The Morgan fingerprint density at radius 2 is 1.76 bits per heavy atom. The molecular weight excluding hydrogens is 390 g/mol. The molecule has 0 aliphatic carbocycles. The zero-order valence-electron chi connectivity index (χ0n) is 16.7. The van der Waals surface area contributed by atoms with Gasteiger partial charge < -0.3 is 10.1 Å². The predicted octanol–water partition coefficient (Wildman–Crippen LogP) is 2.63. The van der Waals surface area contributed by atoms with Crippen molar-refractivity contribution in [3.8, 4) is 5.75 Å². The first-order valence-electron chi connectivity index (χ1n) is 9.60. The Morgan fingerprint density at radius 1 is 1.10 bits per heavy atom. The average molecular weight is 418 g/mol. The smallest absolute Gasteiger partial charge is 0.253 e. The second-order valence-electron chi connectivity index (χ2n) is 7.16. The summed E-state index contributed by atoms with van der Waals surface area (Å²) < 4.78 is 30.8. The Labute approximate surface area is 172 Å². The highest BCUT2D eigenvalue weighted by Crippen LogP contribution is 2.26. The standard InChI is InChI=1S/C21H27N3O4S/c1-28-17-11-9-16(10-12-17)20(24-13-5-6-14-24)15-22-21(25)18-7-3-4-8-19(18)23-29(2,26)27/h3-4,7-12,20,23H,5-6,13-15H2,1-2H3,(H,22,25). The third-order valence-corrected chi connectivity index (χ3v) is 5.60. The minimum Gasteiger partial charge on any atom is -0.497 e. The second-order valence-corrected chi connectivity index (χ2v) is 8.91. The van der Waals surface area contributed by atoms with Gasteiger partial charge in [0.2, 0.25) is 10.0 Å². The summed E-state index contributed by atoms with van der Waals surface area (Å²) in [5.41, 5.74) is 1.68. The number of benzene rings is 2. The minimum atomic E-state index is -3.48. The largest absolute Gasteiger partial charge is 0.497 e. The van der Waals surface area contributed by atoms with E-state index in [0.717, 1.165) is 43.5 Å². The van der Waals surface area contributed by atoms with Gasteiger partial charge in [-0.15, -0.1) is 0 Å². The number of ether oxygens (including phenoxy) is 1. The molecule has 1 saturated heterocycles. The third-order valence-electron chi connectivity index (χ3n) is 5.01. The fourth-order valence-corrected chi connectivity index (χ4v) is 4.17. The van der Waals surface area contributed by atoms with Gasteiger partial charge in [0.15, 0.2) is 0 Å². The summed E-state index contributed by atoms with van der Waals surface area (Å²) in [7, 11) is -1.84. The lowest BCUT2D eigenvalue weighted by Crippen LogP contribution is -2.37. The van der Waals surface area contributed by atoms with E-state index in [9.17, 15) is 13.2 Å². The summed E-state index contributed by atoms with van der Waals surface area (Å²) in [6, 6.07) is 14.5. The number of carbonyl (C=O) groups excluding carboxylic acids is 1. The van der Waals surface area contributed by atoms with E-state index in [4.69, 9.17) is 4.74 Å². The van der Waals surface area contributed by atoms with Crippen LogP contribution in [-0.2, 0) is 10.0 Å². The minimum absolute atomic E-state index is 0.0439. The van der Waals surface area contributed by atoms with E-state index >= 15 is 0 Å². The summed E-state index contributed by atoms with van der Waals surface area (Å²) in [6.45, 7) is 2.40. The lowest BCUT2D eigenvalue weighted by molar-refractivity contribution is 0.0939. The molecule has 2 aromatic carbocycles. The maximum Gasteiger partial charge on any atom is 0.253 e. The molecule has 2 N–H and O–H groups in total. The van der Waals surface area contributed by atoms with Crippen LogP contribution in [0.1, 0.15) is 34.8 Å². The Balaban J connectivity index is 1.76. The van der Waals surface area contributed by atoms with Crippen LogP contribution >= 0.6 is 0 Å². The molecule has 156 valence electrons. The maximum absolute atomic E-state index is 12.8. The van der Waals surface area contributed by atoms with Crippen LogP contribution in [0.2, 0.25) is 0 Å². The molecule has 0 spiro atoms. The summed E-state index contributed by atoms with van der Waals surface area (Å²) >= 11 is 0. The molecule has 0 radical (unpaired) electrons. The van der Waals surface area contributed by atoms with E-state index in [0.29, 0.717) is 12.1 Å². The lowest BCUT2D eigenvalue weighted by atomic mass is 10.0. The van der Waals surface area contributed by atoms with Crippen molar-refractivity contribution in [1.29, 1.82) is 0 Å². The lowest BCUT2D eigenvalue weighted by Gasteiger charge is -2.28. The molecule has 1 aliphatic heterocycles. The van der Waals surface area contributed by atoms with Gasteiger partial charge in [-0.25, -0.2) is 8.42 Å². The molecule has 3 rings (SSSR count). The average Bonchev–Trinajstić information content (AvgIpc) is 3.22. The molecular formula is C21H27N3O4S. The Hall–Kier alpha value is -2.58. The zero-order chi connectivity index (χ0) is 20.9. The monoisotopic (exact) mass is 417 g/mol. The summed E-state index contributed by atoms with van der Waals surface area (Å²) in [4.78, 5) is 15.2.